The van der Waals surface area contributed by atoms with Crippen molar-refractivity contribution in [3.63, 3.8) is 0 Å². The van der Waals surface area contributed by atoms with E-state index in [-0.39, 0.29) is 5.91 Å². The molecule has 0 bridgehead atoms. The van der Waals surface area contributed by atoms with E-state index in [1.807, 2.05) is 42.7 Å². The van der Waals surface area contributed by atoms with E-state index in [4.69, 9.17) is 4.42 Å². The van der Waals surface area contributed by atoms with Crippen LogP contribution in [0.5, 0.6) is 0 Å². The van der Waals surface area contributed by atoms with Crippen LogP contribution >= 0.6 is 11.8 Å². The SMILES string of the molecule is CSCCC(C(=O)Nc1ccc2oc3ccccc3c2c1)N1C(=O)c2ccccc2C1=O. The van der Waals surface area contributed by atoms with E-state index in [2.05, 4.69) is 5.32 Å². The molecular formula is C25H20N2O4S. The Morgan fingerprint density at radius 1 is 0.938 bits per heavy atom. The molecule has 0 saturated heterocycles. The number of anilines is 1. The average Bonchev–Trinajstić information content (AvgIpc) is 3.30. The summed E-state index contributed by atoms with van der Waals surface area (Å²) in [4.78, 5) is 40.3. The van der Waals surface area contributed by atoms with Gasteiger partial charge < -0.3 is 9.73 Å². The smallest absolute Gasteiger partial charge is 0.262 e. The van der Waals surface area contributed by atoms with Gasteiger partial charge in [-0.25, -0.2) is 0 Å². The largest absolute Gasteiger partial charge is 0.456 e. The molecule has 3 amide bonds. The Morgan fingerprint density at radius 2 is 1.59 bits per heavy atom. The summed E-state index contributed by atoms with van der Waals surface area (Å²) in [6.07, 6.45) is 2.30. The first-order valence-electron chi connectivity index (χ1n) is 10.3. The summed E-state index contributed by atoms with van der Waals surface area (Å²) in [6.45, 7) is 0. The summed E-state index contributed by atoms with van der Waals surface area (Å²) in [7, 11) is 0. The van der Waals surface area contributed by atoms with Gasteiger partial charge in [0, 0.05) is 16.5 Å². The van der Waals surface area contributed by atoms with Crippen LogP contribution in [0.4, 0.5) is 5.69 Å². The van der Waals surface area contributed by atoms with Gasteiger partial charge in [0.1, 0.15) is 17.2 Å². The lowest BCUT2D eigenvalue weighted by atomic mass is 10.1. The van der Waals surface area contributed by atoms with Crippen molar-refractivity contribution in [3.05, 3.63) is 77.9 Å². The summed E-state index contributed by atoms with van der Waals surface area (Å²) in [5, 5.41) is 4.75. The lowest BCUT2D eigenvalue weighted by molar-refractivity contribution is -0.120. The Labute approximate surface area is 188 Å². The summed E-state index contributed by atoms with van der Waals surface area (Å²) >= 11 is 1.56. The number of fused-ring (bicyclic) bond motifs is 4. The zero-order chi connectivity index (χ0) is 22.2. The summed E-state index contributed by atoms with van der Waals surface area (Å²) < 4.78 is 5.85. The van der Waals surface area contributed by atoms with E-state index in [9.17, 15) is 14.4 Å². The number of para-hydroxylation sites is 1. The molecule has 1 atom stereocenters. The Morgan fingerprint density at radius 3 is 2.31 bits per heavy atom. The predicted molar refractivity (Wildman–Crippen MR) is 126 cm³/mol. The quantitative estimate of drug-likeness (QED) is 0.426. The summed E-state index contributed by atoms with van der Waals surface area (Å²) in [5.74, 6) is -0.608. The van der Waals surface area contributed by atoms with Crippen molar-refractivity contribution in [2.24, 2.45) is 0 Å². The first kappa shape index (κ1) is 20.3. The number of hydrogen-bond acceptors (Lipinski definition) is 5. The number of furan rings is 1. The molecule has 32 heavy (non-hydrogen) atoms. The van der Waals surface area contributed by atoms with Crippen molar-refractivity contribution in [1.82, 2.24) is 4.90 Å². The van der Waals surface area contributed by atoms with Crippen LogP contribution < -0.4 is 5.32 Å². The van der Waals surface area contributed by atoms with Crippen molar-refractivity contribution >= 4 is 57.1 Å². The molecule has 0 saturated carbocycles. The minimum atomic E-state index is -0.897. The van der Waals surface area contributed by atoms with Gasteiger partial charge in [0.05, 0.1) is 11.1 Å². The third-order valence-corrected chi connectivity index (χ3v) is 6.32. The van der Waals surface area contributed by atoms with Crippen molar-refractivity contribution in [2.45, 2.75) is 12.5 Å². The second-order valence-electron chi connectivity index (χ2n) is 7.62. The number of rotatable bonds is 6. The molecule has 3 aromatic carbocycles. The normalized spacial score (nSPS) is 14.2. The van der Waals surface area contributed by atoms with Crippen LogP contribution in [0.15, 0.2) is 71.1 Å². The molecule has 1 N–H and O–H groups in total. The third kappa shape index (κ3) is 3.35. The standard InChI is InChI=1S/C25H20N2O4S/c1-32-13-12-20(27-24(29)17-7-2-3-8-18(17)25(27)30)23(28)26-15-10-11-22-19(14-15)16-6-4-5-9-21(16)31-22/h2-11,14,20H,12-13H2,1H3,(H,26,28). The van der Waals surface area contributed by atoms with Gasteiger partial charge in [-0.05, 0) is 54.8 Å². The monoisotopic (exact) mass is 444 g/mol. The highest BCUT2D eigenvalue weighted by Gasteiger charge is 2.42. The highest BCUT2D eigenvalue weighted by molar-refractivity contribution is 7.98. The number of nitrogens with one attached hydrogen (secondary N) is 1. The molecule has 0 spiro atoms. The maximum atomic E-state index is 13.3. The molecule has 1 aromatic heterocycles. The number of hydrogen-bond donors (Lipinski definition) is 1. The molecular weight excluding hydrogens is 424 g/mol. The Bertz CT molecular complexity index is 1340. The van der Waals surface area contributed by atoms with Gasteiger partial charge in [-0.1, -0.05) is 30.3 Å². The average molecular weight is 445 g/mol. The number of amides is 3. The van der Waals surface area contributed by atoms with Gasteiger partial charge in [0.2, 0.25) is 5.91 Å². The van der Waals surface area contributed by atoms with Crippen LogP contribution in [0, 0.1) is 0 Å². The predicted octanol–water partition coefficient (Wildman–Crippen LogP) is 4.94. The van der Waals surface area contributed by atoms with Crippen molar-refractivity contribution < 1.29 is 18.8 Å². The van der Waals surface area contributed by atoms with Crippen LogP contribution in [-0.4, -0.2) is 40.7 Å². The highest BCUT2D eigenvalue weighted by Crippen LogP contribution is 2.31. The van der Waals surface area contributed by atoms with E-state index >= 15 is 0 Å². The zero-order valence-electron chi connectivity index (χ0n) is 17.3. The molecule has 0 aliphatic carbocycles. The Balaban J connectivity index is 1.46. The van der Waals surface area contributed by atoms with Crippen LogP contribution in [-0.2, 0) is 4.79 Å². The van der Waals surface area contributed by atoms with E-state index in [0.717, 1.165) is 26.8 Å². The number of carbonyl (C=O) groups excluding carboxylic acids is 3. The molecule has 6 nitrogen and oxygen atoms in total. The lowest BCUT2D eigenvalue weighted by Crippen LogP contribution is -2.47. The Hall–Kier alpha value is -3.58. The van der Waals surface area contributed by atoms with E-state index in [1.165, 1.54) is 0 Å². The zero-order valence-corrected chi connectivity index (χ0v) is 18.1. The van der Waals surface area contributed by atoms with E-state index in [0.29, 0.717) is 29.0 Å². The number of nitrogens with zero attached hydrogens (tertiary/aromatic N) is 1. The molecule has 0 radical (unpaired) electrons. The number of thioether (sulfide) groups is 1. The molecule has 4 aromatic rings. The third-order valence-electron chi connectivity index (χ3n) is 5.68. The van der Waals surface area contributed by atoms with Crippen molar-refractivity contribution in [1.29, 1.82) is 0 Å². The minimum absolute atomic E-state index is 0.339. The number of benzene rings is 3. The maximum Gasteiger partial charge on any atom is 0.262 e. The summed E-state index contributed by atoms with van der Waals surface area (Å²) in [5.41, 5.74) is 2.76. The second kappa shape index (κ2) is 8.16. The van der Waals surface area contributed by atoms with Crippen LogP contribution in [0.3, 0.4) is 0 Å². The van der Waals surface area contributed by atoms with Crippen LogP contribution in [0.1, 0.15) is 27.1 Å². The van der Waals surface area contributed by atoms with Crippen LogP contribution in [0.25, 0.3) is 21.9 Å². The highest BCUT2D eigenvalue weighted by atomic mass is 32.2. The van der Waals surface area contributed by atoms with Gasteiger partial charge in [-0.15, -0.1) is 0 Å². The molecule has 2 heterocycles. The van der Waals surface area contributed by atoms with Crippen LogP contribution in [0.2, 0.25) is 0 Å². The molecule has 1 unspecified atom stereocenters. The topological polar surface area (TPSA) is 79.6 Å². The van der Waals surface area contributed by atoms with Crippen molar-refractivity contribution in [3.8, 4) is 0 Å². The van der Waals surface area contributed by atoms with E-state index < -0.39 is 17.9 Å². The molecule has 1 aliphatic heterocycles. The van der Waals surface area contributed by atoms with Gasteiger partial charge >= 0.3 is 0 Å². The van der Waals surface area contributed by atoms with Gasteiger partial charge in [-0.3, -0.25) is 19.3 Å². The fourth-order valence-corrected chi connectivity index (χ4v) is 4.59. The second-order valence-corrected chi connectivity index (χ2v) is 8.61. The summed E-state index contributed by atoms with van der Waals surface area (Å²) in [6, 6.07) is 18.9. The number of imide groups is 1. The molecule has 7 heteroatoms. The maximum absolute atomic E-state index is 13.3. The van der Waals surface area contributed by atoms with Gasteiger partial charge in [0.25, 0.3) is 11.8 Å². The van der Waals surface area contributed by atoms with E-state index in [1.54, 1.807) is 42.1 Å². The fourth-order valence-electron chi connectivity index (χ4n) is 4.13. The minimum Gasteiger partial charge on any atom is -0.456 e. The first-order valence-corrected chi connectivity index (χ1v) is 11.7. The molecule has 5 rings (SSSR count). The number of carbonyl (C=O) groups is 3. The Kier molecular flexibility index (Phi) is 5.19. The lowest BCUT2D eigenvalue weighted by Gasteiger charge is -2.25. The molecule has 160 valence electrons. The fraction of sp³-hybridized carbons (Fsp3) is 0.160. The molecule has 1 aliphatic rings. The van der Waals surface area contributed by atoms with Crippen molar-refractivity contribution in [2.75, 3.05) is 17.3 Å². The van der Waals surface area contributed by atoms with Gasteiger partial charge in [0.15, 0.2) is 0 Å². The first-order chi connectivity index (χ1) is 15.6. The van der Waals surface area contributed by atoms with Gasteiger partial charge in [-0.2, -0.15) is 11.8 Å². The molecule has 0 fully saturated rings.